The second kappa shape index (κ2) is 6.46. The molecule has 0 aliphatic carbocycles. The van der Waals surface area contributed by atoms with Crippen LogP contribution in [0.2, 0.25) is 0 Å². The highest BCUT2D eigenvalue weighted by molar-refractivity contribution is 5.77. The molecule has 0 amide bonds. The molecule has 4 heteroatoms. The third kappa shape index (κ3) is 4.30. The van der Waals surface area contributed by atoms with Crippen molar-refractivity contribution in [2.24, 2.45) is 0 Å². The Kier molecular flexibility index (Phi) is 4.66. The lowest BCUT2D eigenvalue weighted by Gasteiger charge is -2.12. The molecule has 0 aromatic heterocycles. The van der Waals surface area contributed by atoms with Gasteiger partial charge >= 0.3 is 6.18 Å². The molecule has 0 spiro atoms. The lowest BCUT2D eigenvalue weighted by Crippen LogP contribution is -2.11. The van der Waals surface area contributed by atoms with Gasteiger partial charge in [0.25, 0.3) is 0 Å². The summed E-state index contributed by atoms with van der Waals surface area (Å²) in [6.07, 6.45) is -4.76. The molecule has 0 aliphatic heterocycles. The summed E-state index contributed by atoms with van der Waals surface area (Å²) in [6, 6.07) is 17.4. The predicted molar refractivity (Wildman–Crippen MR) is 75.7 cm³/mol. The smallest absolute Gasteiger partial charge is 0.385 e. The average Bonchev–Trinajstić information content (AvgIpc) is 2.44. The van der Waals surface area contributed by atoms with Crippen molar-refractivity contribution in [1.82, 2.24) is 0 Å². The van der Waals surface area contributed by atoms with Crippen molar-refractivity contribution in [2.75, 3.05) is 11.9 Å². The fourth-order valence-corrected chi connectivity index (χ4v) is 2.02. The fraction of sp³-hybridized carbons (Fsp3) is 0.250. The van der Waals surface area contributed by atoms with Gasteiger partial charge in [0, 0.05) is 24.2 Å². The summed E-state index contributed by atoms with van der Waals surface area (Å²) >= 11 is 0. The Bertz CT molecular complexity index is 535. The van der Waals surface area contributed by atoms with Crippen LogP contribution in [0.4, 0.5) is 18.9 Å². The average molecular weight is 279 g/mol. The maximum Gasteiger partial charge on any atom is 0.389 e. The molecule has 0 heterocycles. The first kappa shape index (κ1) is 14.4. The molecule has 0 saturated carbocycles. The zero-order valence-corrected chi connectivity index (χ0v) is 11.0. The van der Waals surface area contributed by atoms with Crippen molar-refractivity contribution in [3.63, 3.8) is 0 Å². The van der Waals surface area contributed by atoms with E-state index in [1.165, 1.54) is 0 Å². The van der Waals surface area contributed by atoms with Gasteiger partial charge in [-0.1, -0.05) is 48.5 Å². The van der Waals surface area contributed by atoms with Gasteiger partial charge in [0.1, 0.15) is 0 Å². The van der Waals surface area contributed by atoms with Gasteiger partial charge in [-0.2, -0.15) is 13.2 Å². The van der Waals surface area contributed by atoms with Crippen LogP contribution in [0.25, 0.3) is 11.1 Å². The minimum atomic E-state index is -4.08. The molecule has 1 nitrogen and oxygen atoms in total. The quantitative estimate of drug-likeness (QED) is 0.750. The van der Waals surface area contributed by atoms with Crippen molar-refractivity contribution < 1.29 is 13.2 Å². The molecule has 1 N–H and O–H groups in total. The summed E-state index contributed by atoms with van der Waals surface area (Å²) in [6.45, 7) is 0.309. The molecule has 0 saturated heterocycles. The number of nitrogens with one attached hydrogen (secondary N) is 1. The lowest BCUT2D eigenvalue weighted by molar-refractivity contribution is -0.134. The number of benzene rings is 2. The van der Waals surface area contributed by atoms with Gasteiger partial charge in [-0.15, -0.1) is 0 Å². The molecule has 0 unspecified atom stereocenters. The maximum absolute atomic E-state index is 12.1. The second-order valence-electron chi connectivity index (χ2n) is 4.56. The topological polar surface area (TPSA) is 12.0 Å². The first-order valence-electron chi connectivity index (χ1n) is 6.51. The van der Waals surface area contributed by atoms with E-state index in [0.717, 1.165) is 16.8 Å². The Labute approximate surface area is 116 Å². The van der Waals surface area contributed by atoms with E-state index in [-0.39, 0.29) is 6.42 Å². The van der Waals surface area contributed by atoms with Crippen LogP contribution in [0.1, 0.15) is 12.8 Å². The van der Waals surface area contributed by atoms with E-state index in [2.05, 4.69) is 5.32 Å². The van der Waals surface area contributed by atoms with Crippen molar-refractivity contribution in [2.45, 2.75) is 19.0 Å². The highest BCUT2D eigenvalue weighted by Gasteiger charge is 2.25. The van der Waals surface area contributed by atoms with Crippen LogP contribution in [0.5, 0.6) is 0 Å². The Morgan fingerprint density at radius 2 is 1.50 bits per heavy atom. The first-order chi connectivity index (χ1) is 9.56. The van der Waals surface area contributed by atoms with Crippen LogP contribution >= 0.6 is 0 Å². The van der Waals surface area contributed by atoms with Crippen LogP contribution < -0.4 is 5.32 Å². The normalized spacial score (nSPS) is 11.3. The molecular weight excluding hydrogens is 263 g/mol. The van der Waals surface area contributed by atoms with E-state index in [4.69, 9.17) is 0 Å². The Hall–Kier alpha value is -1.97. The van der Waals surface area contributed by atoms with Crippen LogP contribution in [0.15, 0.2) is 54.6 Å². The van der Waals surface area contributed by atoms with E-state index in [1.54, 1.807) is 0 Å². The third-order valence-electron chi connectivity index (χ3n) is 2.96. The van der Waals surface area contributed by atoms with Crippen LogP contribution in [0, 0.1) is 0 Å². The van der Waals surface area contributed by atoms with E-state index in [1.807, 2.05) is 54.6 Å². The summed E-state index contributed by atoms with van der Waals surface area (Å²) in [5.41, 5.74) is 2.91. The zero-order chi connectivity index (χ0) is 14.4. The standard InChI is InChI=1S/C16H16F3N/c17-16(18,19)11-6-12-20-15-10-5-4-9-14(15)13-7-2-1-3-8-13/h1-5,7-10,20H,6,11-12H2. The minimum absolute atomic E-state index is 0.0760. The summed E-state index contributed by atoms with van der Waals surface area (Å²) in [4.78, 5) is 0. The van der Waals surface area contributed by atoms with E-state index in [0.29, 0.717) is 6.54 Å². The lowest BCUT2D eigenvalue weighted by atomic mass is 10.0. The molecule has 106 valence electrons. The number of hydrogen-bond donors (Lipinski definition) is 1. The highest BCUT2D eigenvalue weighted by Crippen LogP contribution is 2.28. The molecule has 2 rings (SSSR count). The van der Waals surface area contributed by atoms with Gasteiger partial charge in [0.15, 0.2) is 0 Å². The Morgan fingerprint density at radius 3 is 2.20 bits per heavy atom. The molecule has 0 atom stereocenters. The summed E-state index contributed by atoms with van der Waals surface area (Å²) in [5, 5.41) is 3.08. The van der Waals surface area contributed by atoms with Gasteiger partial charge in [0.05, 0.1) is 0 Å². The van der Waals surface area contributed by atoms with Gasteiger partial charge in [-0.05, 0) is 18.1 Å². The summed E-state index contributed by atoms with van der Waals surface area (Å²) < 4.78 is 36.3. The number of anilines is 1. The van der Waals surface area contributed by atoms with Gasteiger partial charge in [-0.25, -0.2) is 0 Å². The molecule has 0 fully saturated rings. The van der Waals surface area contributed by atoms with Gasteiger partial charge in [-0.3, -0.25) is 0 Å². The molecule has 20 heavy (non-hydrogen) atoms. The number of hydrogen-bond acceptors (Lipinski definition) is 1. The SMILES string of the molecule is FC(F)(F)CCCNc1ccccc1-c1ccccc1. The largest absolute Gasteiger partial charge is 0.389 e. The minimum Gasteiger partial charge on any atom is -0.385 e. The van der Waals surface area contributed by atoms with Gasteiger partial charge < -0.3 is 5.32 Å². The van der Waals surface area contributed by atoms with Gasteiger partial charge in [0.2, 0.25) is 0 Å². The van der Waals surface area contributed by atoms with Crippen LogP contribution in [-0.2, 0) is 0 Å². The fourth-order valence-electron chi connectivity index (χ4n) is 2.02. The Morgan fingerprint density at radius 1 is 0.850 bits per heavy atom. The predicted octanol–water partition coefficient (Wildman–Crippen LogP) is 5.11. The summed E-state index contributed by atoms with van der Waals surface area (Å²) in [7, 11) is 0. The maximum atomic E-state index is 12.1. The number of rotatable bonds is 5. The number of para-hydroxylation sites is 1. The van der Waals surface area contributed by atoms with E-state index >= 15 is 0 Å². The van der Waals surface area contributed by atoms with Crippen molar-refractivity contribution in [3.8, 4) is 11.1 Å². The summed E-state index contributed by atoms with van der Waals surface area (Å²) in [5.74, 6) is 0. The second-order valence-corrected chi connectivity index (χ2v) is 4.56. The Balaban J connectivity index is 2.02. The first-order valence-corrected chi connectivity index (χ1v) is 6.51. The molecule has 2 aromatic carbocycles. The number of halogens is 3. The van der Waals surface area contributed by atoms with Crippen molar-refractivity contribution in [1.29, 1.82) is 0 Å². The van der Waals surface area contributed by atoms with Crippen molar-refractivity contribution >= 4 is 5.69 Å². The number of alkyl halides is 3. The third-order valence-corrected chi connectivity index (χ3v) is 2.96. The molecule has 0 radical (unpaired) electrons. The highest BCUT2D eigenvalue weighted by atomic mass is 19.4. The van der Waals surface area contributed by atoms with Crippen molar-refractivity contribution in [3.05, 3.63) is 54.6 Å². The monoisotopic (exact) mass is 279 g/mol. The molecule has 2 aromatic rings. The molecule has 0 aliphatic rings. The molecular formula is C16H16F3N. The van der Waals surface area contributed by atoms with Crippen LogP contribution in [0.3, 0.4) is 0 Å². The zero-order valence-electron chi connectivity index (χ0n) is 11.0. The molecule has 0 bridgehead atoms. The van der Waals surface area contributed by atoms with Crippen LogP contribution in [-0.4, -0.2) is 12.7 Å². The van der Waals surface area contributed by atoms with E-state index in [9.17, 15) is 13.2 Å². The van der Waals surface area contributed by atoms with E-state index < -0.39 is 12.6 Å².